The topological polar surface area (TPSA) is 67.2 Å². The smallest absolute Gasteiger partial charge is 0.317 e. The first-order chi connectivity index (χ1) is 13.3. The van der Waals surface area contributed by atoms with Crippen molar-refractivity contribution in [2.45, 2.75) is 33.0 Å². The molecule has 0 saturated heterocycles. The van der Waals surface area contributed by atoms with Crippen LogP contribution in [0.15, 0.2) is 53.5 Å². The van der Waals surface area contributed by atoms with Crippen molar-refractivity contribution in [3.63, 3.8) is 0 Å². The third kappa shape index (κ3) is 4.36. The summed E-state index contributed by atoms with van der Waals surface area (Å²) in [6, 6.07) is 11.6. The fourth-order valence-corrected chi connectivity index (χ4v) is 2.96. The van der Waals surface area contributed by atoms with E-state index in [1.54, 1.807) is 45.3 Å². The minimum absolute atomic E-state index is 0.192. The number of amides is 2. The van der Waals surface area contributed by atoms with Gasteiger partial charge in [0.2, 0.25) is 0 Å². The largest absolute Gasteiger partial charge is 0.334 e. The summed E-state index contributed by atoms with van der Waals surface area (Å²) in [5.41, 5.74) is 1.08. The van der Waals surface area contributed by atoms with Crippen molar-refractivity contribution in [3.8, 4) is 0 Å². The Morgan fingerprint density at radius 1 is 1.29 bits per heavy atom. The quantitative estimate of drug-likeness (QED) is 0.737. The third-order valence-electron chi connectivity index (χ3n) is 4.58. The second-order valence-electron chi connectivity index (χ2n) is 7.01. The molecule has 6 nitrogen and oxygen atoms in total. The van der Waals surface area contributed by atoms with E-state index < -0.39 is 0 Å². The highest BCUT2D eigenvalue weighted by molar-refractivity contribution is 5.80. The first-order valence-electron chi connectivity index (χ1n) is 9.06. The van der Waals surface area contributed by atoms with E-state index in [1.807, 2.05) is 18.2 Å². The van der Waals surface area contributed by atoms with Gasteiger partial charge in [-0.3, -0.25) is 4.79 Å². The van der Waals surface area contributed by atoms with Gasteiger partial charge < -0.3 is 10.2 Å². The summed E-state index contributed by atoms with van der Waals surface area (Å²) in [6.07, 6.45) is 1.64. The van der Waals surface area contributed by atoms with Crippen LogP contribution in [0.1, 0.15) is 18.1 Å². The van der Waals surface area contributed by atoms with Crippen LogP contribution in [0.5, 0.6) is 0 Å². The molecule has 0 aliphatic carbocycles. The van der Waals surface area contributed by atoms with E-state index in [0.717, 1.165) is 5.39 Å². The van der Waals surface area contributed by atoms with E-state index in [1.165, 1.54) is 15.6 Å². The van der Waals surface area contributed by atoms with Crippen LogP contribution in [0.4, 0.5) is 9.18 Å². The summed E-state index contributed by atoms with van der Waals surface area (Å²) in [5, 5.41) is 8.40. The average molecular weight is 382 g/mol. The molecule has 0 aliphatic rings. The van der Waals surface area contributed by atoms with Gasteiger partial charge in [-0.2, -0.15) is 5.10 Å². The lowest BCUT2D eigenvalue weighted by atomic mass is 10.1. The normalized spacial score (nSPS) is 12.0. The molecule has 0 saturated carbocycles. The van der Waals surface area contributed by atoms with E-state index in [9.17, 15) is 14.0 Å². The lowest BCUT2D eigenvalue weighted by molar-refractivity contribution is 0.201. The van der Waals surface area contributed by atoms with Gasteiger partial charge in [-0.1, -0.05) is 30.3 Å². The molecule has 0 unspecified atom stereocenters. The second-order valence-corrected chi connectivity index (χ2v) is 7.01. The number of carbonyl (C=O) groups is 1. The second kappa shape index (κ2) is 8.21. The summed E-state index contributed by atoms with van der Waals surface area (Å²) in [5.74, 6) is -0.290. The first-order valence-corrected chi connectivity index (χ1v) is 9.06. The van der Waals surface area contributed by atoms with Gasteiger partial charge in [-0.15, -0.1) is 0 Å². The van der Waals surface area contributed by atoms with Gasteiger partial charge in [0.25, 0.3) is 5.56 Å². The Bertz CT molecular complexity index is 1060. The van der Waals surface area contributed by atoms with Crippen molar-refractivity contribution in [2.75, 3.05) is 7.05 Å². The van der Waals surface area contributed by atoms with Crippen LogP contribution in [0.3, 0.4) is 0 Å². The zero-order valence-electron chi connectivity index (χ0n) is 16.1. The molecular weight excluding hydrogens is 359 g/mol. The summed E-state index contributed by atoms with van der Waals surface area (Å²) >= 11 is 0. The molecule has 1 atom stereocenters. The van der Waals surface area contributed by atoms with Crippen LogP contribution < -0.4 is 10.9 Å². The van der Waals surface area contributed by atoms with Crippen molar-refractivity contribution in [1.29, 1.82) is 0 Å². The molecule has 7 heteroatoms. The van der Waals surface area contributed by atoms with E-state index in [-0.39, 0.29) is 36.5 Å². The zero-order valence-corrected chi connectivity index (χ0v) is 16.1. The van der Waals surface area contributed by atoms with Crippen LogP contribution in [0, 0.1) is 12.7 Å². The molecule has 0 spiro atoms. The van der Waals surface area contributed by atoms with Gasteiger partial charge in [-0.25, -0.2) is 13.9 Å². The number of hydrogen-bond acceptors (Lipinski definition) is 3. The van der Waals surface area contributed by atoms with E-state index in [4.69, 9.17) is 0 Å². The molecule has 0 bridgehead atoms. The molecule has 0 fully saturated rings. The SMILES string of the molecule is Cc1ccc(CN(C)C(=O)N[C@@H](C)Cn2ncc3ccccc3c2=O)cc1F. The number of carbonyl (C=O) groups excluding carboxylic acids is 1. The average Bonchev–Trinajstić information content (AvgIpc) is 2.67. The molecule has 1 aromatic heterocycles. The van der Waals surface area contributed by atoms with Crippen molar-refractivity contribution >= 4 is 16.8 Å². The lowest BCUT2D eigenvalue weighted by Crippen LogP contribution is -2.44. The standard InChI is InChI=1S/C21H23FN4O2/c1-14-8-9-16(10-19(14)22)13-25(3)21(28)24-15(2)12-26-20(27)18-7-5-4-6-17(18)11-23-26/h4-11,15H,12-13H2,1-3H3,(H,24,28)/t15-/m0/s1. The van der Waals surface area contributed by atoms with E-state index in [0.29, 0.717) is 16.5 Å². The highest BCUT2D eigenvalue weighted by Crippen LogP contribution is 2.11. The Morgan fingerprint density at radius 3 is 2.79 bits per heavy atom. The first kappa shape index (κ1) is 19.5. The van der Waals surface area contributed by atoms with Crippen LogP contribution in [0.25, 0.3) is 10.8 Å². The van der Waals surface area contributed by atoms with Crippen LogP contribution in [-0.2, 0) is 13.1 Å². The summed E-state index contributed by atoms with van der Waals surface area (Å²) < 4.78 is 15.0. The van der Waals surface area contributed by atoms with Gasteiger partial charge in [0.1, 0.15) is 5.82 Å². The summed E-state index contributed by atoms with van der Waals surface area (Å²) in [4.78, 5) is 26.4. The molecule has 3 aromatic rings. The Hall–Kier alpha value is -3.22. The number of rotatable bonds is 5. The lowest BCUT2D eigenvalue weighted by Gasteiger charge is -2.22. The Labute approximate surface area is 162 Å². The van der Waals surface area contributed by atoms with Crippen molar-refractivity contribution in [1.82, 2.24) is 20.0 Å². The van der Waals surface area contributed by atoms with Gasteiger partial charge >= 0.3 is 6.03 Å². The molecule has 1 heterocycles. The molecule has 0 aliphatic heterocycles. The number of fused-ring (bicyclic) bond motifs is 1. The maximum absolute atomic E-state index is 13.7. The summed E-state index contributed by atoms with van der Waals surface area (Å²) in [6.45, 7) is 4.03. The molecular formula is C21H23FN4O2. The molecule has 3 rings (SSSR count). The summed E-state index contributed by atoms with van der Waals surface area (Å²) in [7, 11) is 1.64. The highest BCUT2D eigenvalue weighted by Gasteiger charge is 2.15. The maximum Gasteiger partial charge on any atom is 0.317 e. The van der Waals surface area contributed by atoms with Gasteiger partial charge in [-0.05, 0) is 37.1 Å². The van der Waals surface area contributed by atoms with Gasteiger partial charge in [0.15, 0.2) is 0 Å². The fourth-order valence-electron chi connectivity index (χ4n) is 2.96. The molecule has 1 N–H and O–H groups in total. The van der Waals surface area contributed by atoms with E-state index >= 15 is 0 Å². The number of halogens is 1. The Morgan fingerprint density at radius 2 is 2.04 bits per heavy atom. The number of aromatic nitrogens is 2. The van der Waals surface area contributed by atoms with Crippen LogP contribution in [-0.4, -0.2) is 33.8 Å². The number of urea groups is 1. The molecule has 146 valence electrons. The number of benzene rings is 2. The van der Waals surface area contributed by atoms with Crippen molar-refractivity contribution < 1.29 is 9.18 Å². The minimum atomic E-state index is -0.309. The van der Waals surface area contributed by atoms with Crippen molar-refractivity contribution in [2.24, 2.45) is 0 Å². The van der Waals surface area contributed by atoms with E-state index in [2.05, 4.69) is 10.4 Å². The monoisotopic (exact) mass is 382 g/mol. The number of nitrogens with zero attached hydrogens (tertiary/aromatic N) is 3. The molecule has 2 aromatic carbocycles. The Balaban J connectivity index is 1.63. The van der Waals surface area contributed by atoms with Crippen LogP contribution in [0.2, 0.25) is 0 Å². The van der Waals surface area contributed by atoms with Crippen molar-refractivity contribution in [3.05, 3.63) is 76.0 Å². The van der Waals surface area contributed by atoms with Gasteiger partial charge in [0.05, 0.1) is 18.1 Å². The zero-order chi connectivity index (χ0) is 20.3. The number of hydrogen-bond donors (Lipinski definition) is 1. The molecule has 28 heavy (non-hydrogen) atoms. The third-order valence-corrected chi connectivity index (χ3v) is 4.58. The molecule has 2 amide bonds. The van der Waals surface area contributed by atoms with Crippen LogP contribution >= 0.6 is 0 Å². The highest BCUT2D eigenvalue weighted by atomic mass is 19.1. The number of aryl methyl sites for hydroxylation is 1. The maximum atomic E-state index is 13.7. The predicted molar refractivity (Wildman–Crippen MR) is 107 cm³/mol. The minimum Gasteiger partial charge on any atom is -0.334 e. The predicted octanol–water partition coefficient (Wildman–Crippen LogP) is 3.07. The van der Waals surface area contributed by atoms with Gasteiger partial charge in [0, 0.05) is 25.0 Å². The Kier molecular flexibility index (Phi) is 5.73. The fraction of sp³-hybridized carbons (Fsp3) is 0.286. The number of nitrogens with one attached hydrogen (secondary N) is 1. The molecule has 0 radical (unpaired) electrons.